The second-order valence-electron chi connectivity index (χ2n) is 33.3. The normalized spacial score (nSPS) is 22.4. The van der Waals surface area contributed by atoms with E-state index in [0.29, 0.717) is 0 Å². The van der Waals surface area contributed by atoms with E-state index in [4.69, 9.17) is 0 Å². The summed E-state index contributed by atoms with van der Waals surface area (Å²) in [5.74, 6) is 0. The maximum Gasteiger partial charge on any atom is 0.252 e. The topological polar surface area (TPSA) is 13.0 Å². The van der Waals surface area contributed by atoms with Crippen LogP contribution in [-0.2, 0) is 32.5 Å². The number of rotatable bonds is 6. The molecule has 4 atom stereocenters. The average Bonchev–Trinajstić information content (AvgIpc) is 1.68. The van der Waals surface area contributed by atoms with E-state index < -0.39 is 0 Å². The van der Waals surface area contributed by atoms with E-state index in [1.165, 1.54) is 161 Å². The van der Waals surface area contributed by atoms with Gasteiger partial charge in [0.1, 0.15) is 0 Å². The van der Waals surface area contributed by atoms with Crippen LogP contribution in [0, 0.1) is 0 Å². The molecule has 15 rings (SSSR count). The van der Waals surface area contributed by atoms with Crippen molar-refractivity contribution in [2.45, 2.75) is 206 Å². The van der Waals surface area contributed by atoms with Gasteiger partial charge in [0.25, 0.3) is 6.71 Å². The first kappa shape index (κ1) is 59.5. The van der Waals surface area contributed by atoms with E-state index in [9.17, 15) is 0 Å². The Bertz CT molecular complexity index is 4380. The number of nitrogens with zero attached hydrogens (tertiary/aromatic N) is 4. The molecule has 2 aliphatic carbocycles. The van der Waals surface area contributed by atoms with Crippen LogP contribution in [0.5, 0.6) is 0 Å². The molecule has 0 saturated heterocycles. The van der Waals surface area contributed by atoms with Gasteiger partial charge in [0.15, 0.2) is 0 Å². The van der Waals surface area contributed by atoms with Crippen molar-refractivity contribution in [3.63, 3.8) is 0 Å². The van der Waals surface area contributed by atoms with Gasteiger partial charge in [0.05, 0.1) is 16.8 Å². The van der Waals surface area contributed by atoms with E-state index >= 15 is 0 Å². The SMILES string of the molecule is CC(C)(C)c1ccc(N2c3cc(N4c5ccc(C(C)(C)C)cc5C5(C)CCCCC45C)ccc3B3c4ccc(C(C)(C)C)cc4N(c4ccc(C(C)(C)C)cc4-c4ccccc4)c4cc(N5c6ccc(-c7ccccc7)cc6C6(C)CCCCC56C)cc2c43)cc1. The van der Waals surface area contributed by atoms with Gasteiger partial charge >= 0.3 is 0 Å². The van der Waals surface area contributed by atoms with Crippen LogP contribution in [0.3, 0.4) is 0 Å². The lowest BCUT2D eigenvalue weighted by molar-refractivity contribution is 0.195. The number of fused-ring (bicyclic) bond motifs is 10. The Morgan fingerprint density at radius 3 is 1.33 bits per heavy atom. The van der Waals surface area contributed by atoms with Crippen molar-refractivity contribution in [1.29, 1.82) is 0 Å². The van der Waals surface area contributed by atoms with Gasteiger partial charge in [-0.2, -0.15) is 0 Å². The third kappa shape index (κ3) is 8.95. The van der Waals surface area contributed by atoms with E-state index in [1.54, 1.807) is 0 Å². The third-order valence-corrected chi connectivity index (χ3v) is 23.8. The van der Waals surface area contributed by atoms with Crippen molar-refractivity contribution in [1.82, 2.24) is 0 Å². The molecule has 4 heterocycles. The van der Waals surface area contributed by atoms with Crippen molar-refractivity contribution in [3.05, 3.63) is 221 Å². The molecule has 0 N–H and O–H groups in total. The van der Waals surface area contributed by atoms with Crippen LogP contribution in [0.4, 0.5) is 56.9 Å². The summed E-state index contributed by atoms with van der Waals surface area (Å²) >= 11 is 0. The Balaban J connectivity index is 1.06. The van der Waals surface area contributed by atoms with E-state index in [2.05, 4.69) is 318 Å². The number of hydrogen-bond donors (Lipinski definition) is 0. The summed E-state index contributed by atoms with van der Waals surface area (Å²) in [6, 6.07) is 75.0. The Labute approximate surface area is 545 Å². The maximum absolute atomic E-state index is 2.85. The molecular weight excluding hydrogens is 1100 g/mol. The highest BCUT2D eigenvalue weighted by atomic mass is 15.3. The fourth-order valence-corrected chi connectivity index (χ4v) is 17.9. The molecule has 6 aliphatic rings. The molecule has 0 spiro atoms. The summed E-state index contributed by atoms with van der Waals surface area (Å²) in [6.07, 6.45) is 9.43. The minimum Gasteiger partial charge on any atom is -0.334 e. The molecule has 9 aromatic rings. The van der Waals surface area contributed by atoms with Crippen LogP contribution in [-0.4, -0.2) is 17.8 Å². The number of hydrogen-bond acceptors (Lipinski definition) is 4. The van der Waals surface area contributed by atoms with Gasteiger partial charge in [-0.05, 0) is 200 Å². The number of anilines is 10. The van der Waals surface area contributed by atoms with Crippen LogP contribution in [0.25, 0.3) is 22.3 Å². The van der Waals surface area contributed by atoms with Crippen LogP contribution in [0.1, 0.15) is 196 Å². The third-order valence-electron chi connectivity index (χ3n) is 23.8. The summed E-state index contributed by atoms with van der Waals surface area (Å²) < 4.78 is 0. The van der Waals surface area contributed by atoms with Crippen molar-refractivity contribution < 1.29 is 0 Å². The summed E-state index contributed by atoms with van der Waals surface area (Å²) in [5, 5.41) is 0. The van der Waals surface area contributed by atoms with Gasteiger partial charge in [-0.15, -0.1) is 0 Å². The quantitative estimate of drug-likeness (QED) is 0.154. The Morgan fingerprint density at radius 2 is 0.747 bits per heavy atom. The minimum absolute atomic E-state index is 0.0193. The zero-order valence-corrected chi connectivity index (χ0v) is 57.4. The molecule has 4 aliphatic heterocycles. The molecule has 0 bridgehead atoms. The molecule has 2 saturated carbocycles. The minimum atomic E-state index is -0.222. The second kappa shape index (κ2) is 20.4. The smallest absolute Gasteiger partial charge is 0.252 e. The molecule has 5 heteroatoms. The van der Waals surface area contributed by atoms with Gasteiger partial charge in [-0.25, -0.2) is 0 Å². The molecule has 0 amide bonds. The fourth-order valence-electron chi connectivity index (χ4n) is 17.9. The first-order valence-corrected chi connectivity index (χ1v) is 34.5. The van der Waals surface area contributed by atoms with Crippen LogP contribution < -0.4 is 36.0 Å². The van der Waals surface area contributed by atoms with Crippen molar-refractivity contribution in [3.8, 4) is 22.3 Å². The van der Waals surface area contributed by atoms with Gasteiger partial charge in [-0.1, -0.05) is 238 Å². The summed E-state index contributed by atoms with van der Waals surface area (Å²) in [4.78, 5) is 11.1. The summed E-state index contributed by atoms with van der Waals surface area (Å²) in [5.41, 5.74) is 29.4. The fraction of sp³-hybridized carbons (Fsp3) is 0.372. The predicted molar refractivity (Wildman–Crippen MR) is 392 cm³/mol. The molecule has 462 valence electrons. The van der Waals surface area contributed by atoms with Crippen LogP contribution in [0.2, 0.25) is 0 Å². The largest absolute Gasteiger partial charge is 0.334 e. The first-order valence-electron chi connectivity index (χ1n) is 34.5. The monoisotopic (exact) mass is 1190 g/mol. The van der Waals surface area contributed by atoms with Gasteiger partial charge in [-0.3, -0.25) is 0 Å². The van der Waals surface area contributed by atoms with Gasteiger partial charge in [0, 0.05) is 67.6 Å². The van der Waals surface area contributed by atoms with Gasteiger partial charge in [0.2, 0.25) is 0 Å². The Hall–Kier alpha value is -7.76. The van der Waals surface area contributed by atoms with E-state index in [-0.39, 0.29) is 50.3 Å². The average molecular weight is 1200 g/mol. The van der Waals surface area contributed by atoms with E-state index in [0.717, 1.165) is 19.3 Å². The zero-order valence-electron chi connectivity index (χ0n) is 57.4. The highest BCUT2D eigenvalue weighted by molar-refractivity contribution is 7.00. The molecular formula is C86H95BN4. The molecule has 4 nitrogen and oxygen atoms in total. The van der Waals surface area contributed by atoms with Gasteiger partial charge < -0.3 is 19.6 Å². The van der Waals surface area contributed by atoms with Crippen molar-refractivity contribution in [2.24, 2.45) is 0 Å². The molecule has 9 aromatic carbocycles. The molecule has 91 heavy (non-hydrogen) atoms. The molecule has 4 unspecified atom stereocenters. The lowest BCUT2D eigenvalue weighted by atomic mass is 9.33. The lowest BCUT2D eigenvalue weighted by Gasteiger charge is -2.51. The van der Waals surface area contributed by atoms with E-state index in [1.807, 2.05) is 0 Å². The molecule has 0 radical (unpaired) electrons. The Morgan fingerprint density at radius 1 is 0.319 bits per heavy atom. The first-order chi connectivity index (χ1) is 43.1. The lowest BCUT2D eigenvalue weighted by Crippen LogP contribution is -2.61. The van der Waals surface area contributed by atoms with Crippen molar-refractivity contribution >= 4 is 80.0 Å². The second-order valence-corrected chi connectivity index (χ2v) is 33.3. The molecule has 2 fully saturated rings. The standard InChI is InChI=1S/C86H95BN4/c1-79(2,3)59-32-37-63(38-33-59)88-75-53-64(90-73-44-36-61(81(7,8)9)51-68(73)84(14)46-24-25-47-85(84,90)15)39-41-70(75)87-69-40-34-62(82(10,11)12)52-74(69)89(71-43-35-60(80(4,5)6)50-66(71)57-29-21-18-22-30-57)77-55-65(54-76(88)78(77)87)91-72-42-31-58(56-27-19-17-20-28-56)49-67(72)83(13)45-23-26-48-86(83,91)16/h17-22,27-44,49-55H,23-26,45-48H2,1-16H3. The highest BCUT2D eigenvalue weighted by Gasteiger charge is 2.60. The number of benzene rings is 9. The van der Waals surface area contributed by atoms with Crippen LogP contribution >= 0.6 is 0 Å². The van der Waals surface area contributed by atoms with Crippen LogP contribution in [0.15, 0.2) is 188 Å². The summed E-state index contributed by atoms with van der Waals surface area (Å²) in [6.45, 7) is 38.7. The predicted octanol–water partition coefficient (Wildman–Crippen LogP) is 21.8. The van der Waals surface area contributed by atoms with Crippen molar-refractivity contribution in [2.75, 3.05) is 19.6 Å². The highest BCUT2D eigenvalue weighted by Crippen LogP contribution is 2.64. The zero-order chi connectivity index (χ0) is 63.7. The Kier molecular flexibility index (Phi) is 13.3. The molecule has 0 aromatic heterocycles. The maximum atomic E-state index is 2.85. The summed E-state index contributed by atoms with van der Waals surface area (Å²) in [7, 11) is 0.